The van der Waals surface area contributed by atoms with Gasteiger partial charge >= 0.3 is 470 Å². The standard InChI is InChI=1S/2C33H44.2C5H5.2Fe.2Sb/c2*1-30(2,3)26-16-24(17-27(20-26)31(4,5)6)22-13-14-23(15-22)25-18-28(32(7,8)9)21-29(19-25)33(10,11)12;2*1-2-4-5-3-1;;;;/h2*13-14,16-21H,1-12H3;2*1-5H;;;;/q4*-1;2*+2;;. The van der Waals surface area contributed by atoms with Crippen LogP contribution < -0.4 is 7.02 Å². The summed E-state index contributed by atoms with van der Waals surface area (Å²) < 4.78 is 3.32. The quantitative estimate of drug-likeness (QED) is 0.115. The molecule has 0 saturated heterocycles. The van der Waals surface area contributed by atoms with Crippen molar-refractivity contribution in [1.82, 2.24) is 0 Å². The molecule has 0 atom stereocenters. The molecule has 0 amide bonds. The number of hydrogen-bond acceptors (Lipinski definition) is 0. The Hall–Kier alpha value is -3.04. The van der Waals surface area contributed by atoms with E-state index in [4.69, 9.17) is 0 Å². The molecular formula is C76H98Fe2Sb2. The fourth-order valence-electron chi connectivity index (χ4n) is 9.42. The van der Waals surface area contributed by atoms with Gasteiger partial charge in [0, 0.05) is 0 Å². The maximum absolute atomic E-state index is 2.54. The van der Waals surface area contributed by atoms with Crippen molar-refractivity contribution in [3.8, 4) is 44.5 Å². The Morgan fingerprint density at radius 2 is 0.588 bits per heavy atom. The van der Waals surface area contributed by atoms with E-state index in [9.17, 15) is 0 Å². The molecule has 0 N–H and O–H groups in total. The molecule has 4 heteroatoms. The SMILES string of the molecule is CC(C)(C)c1cc(-c2cc[c-](-c3cc(C(C)(C)C)cc(C(C)(C)C)c3)[c]2[Sb]=[Sb][c-]2c(-c3cc(C(C)(C)C)cc(C(C)(C)C)c3)ccc2-c2cc(C(C)(C)C)cc(C(C)(C)C)c2)cc(C(C)(C)C)c1.[Fe+2].[Fe+2].c1cc[cH-]c1.c1cc[cH-]c1. The topological polar surface area (TPSA) is 0 Å². The van der Waals surface area contributed by atoms with Gasteiger partial charge in [0.1, 0.15) is 0 Å². The zero-order valence-electron chi connectivity index (χ0n) is 53.6. The average Bonchev–Trinajstić information content (AvgIpc) is 4.18. The van der Waals surface area contributed by atoms with E-state index < -0.39 is 33.7 Å². The first-order valence-electron chi connectivity index (χ1n) is 28.7. The van der Waals surface area contributed by atoms with Gasteiger partial charge in [-0.2, -0.15) is 36.4 Å². The fourth-order valence-corrected chi connectivity index (χ4v) is 25.6. The van der Waals surface area contributed by atoms with Gasteiger partial charge in [-0.3, -0.25) is 0 Å². The van der Waals surface area contributed by atoms with E-state index in [1.165, 1.54) is 89.0 Å². The molecule has 0 radical (unpaired) electrons. The van der Waals surface area contributed by atoms with Crippen molar-refractivity contribution in [2.45, 2.75) is 209 Å². The molecule has 0 aliphatic rings. The second-order valence-electron chi connectivity index (χ2n) is 30.3. The van der Waals surface area contributed by atoms with Gasteiger partial charge in [0.25, 0.3) is 0 Å². The van der Waals surface area contributed by atoms with Crippen molar-refractivity contribution in [3.63, 3.8) is 0 Å². The molecule has 0 spiro atoms. The molecular weight excluding hydrogens is 1270 g/mol. The van der Waals surface area contributed by atoms with Crippen LogP contribution in [0.5, 0.6) is 0 Å². The van der Waals surface area contributed by atoms with E-state index >= 15 is 0 Å². The van der Waals surface area contributed by atoms with Crippen LogP contribution in [-0.4, -0.2) is 33.7 Å². The van der Waals surface area contributed by atoms with Crippen LogP contribution >= 0.6 is 0 Å². The molecule has 0 fully saturated rings. The molecule has 0 saturated carbocycles. The summed E-state index contributed by atoms with van der Waals surface area (Å²) in [7, 11) is 0. The first kappa shape index (κ1) is 69.4. The fraction of sp³-hybridized carbons (Fsp3) is 0.421. The van der Waals surface area contributed by atoms with Crippen LogP contribution in [0.25, 0.3) is 44.5 Å². The Morgan fingerprint density at radius 3 is 0.838 bits per heavy atom. The monoisotopic (exact) mass is 1360 g/mol. The minimum Gasteiger partial charge on any atom is -0.214 e. The Bertz CT molecular complexity index is 2700. The average molecular weight is 1370 g/mol. The Morgan fingerprint density at radius 1 is 0.325 bits per heavy atom. The van der Waals surface area contributed by atoms with Crippen LogP contribution in [0.3, 0.4) is 0 Å². The summed E-state index contributed by atoms with van der Waals surface area (Å²) in [6.07, 6.45) is 0. The Balaban J connectivity index is 0.00000103. The predicted octanol–water partition coefficient (Wildman–Crippen LogP) is 20.3. The number of hydrogen-bond donors (Lipinski definition) is 0. The number of rotatable bonds is 6. The van der Waals surface area contributed by atoms with E-state index in [-0.39, 0.29) is 77.5 Å². The van der Waals surface area contributed by atoms with Gasteiger partial charge in [-0.05, 0) is 0 Å². The van der Waals surface area contributed by atoms with Crippen LogP contribution in [0.2, 0.25) is 0 Å². The molecule has 8 aromatic carbocycles. The van der Waals surface area contributed by atoms with Gasteiger partial charge < -0.3 is 0 Å². The first-order chi connectivity index (χ1) is 35.7. The van der Waals surface area contributed by atoms with Crippen LogP contribution in [0.1, 0.15) is 211 Å². The van der Waals surface area contributed by atoms with E-state index in [0.717, 1.165) is 0 Å². The molecule has 0 heterocycles. The second kappa shape index (κ2) is 26.5. The molecule has 428 valence electrons. The summed E-state index contributed by atoms with van der Waals surface area (Å²) in [4.78, 5) is 0. The van der Waals surface area contributed by atoms with E-state index in [2.05, 4.69) is 263 Å². The normalized spacial score (nSPS) is 12.8. The van der Waals surface area contributed by atoms with Crippen LogP contribution in [0.15, 0.2) is 158 Å². The molecule has 0 aliphatic heterocycles. The van der Waals surface area contributed by atoms with Gasteiger partial charge in [0.05, 0.1) is 0 Å². The van der Waals surface area contributed by atoms with Gasteiger partial charge in [-0.15, -0.1) is 0 Å². The van der Waals surface area contributed by atoms with Gasteiger partial charge in [0.15, 0.2) is 0 Å². The third kappa shape index (κ3) is 18.2. The first-order valence-corrected chi connectivity index (χ1v) is 40.1. The Labute approximate surface area is 526 Å². The van der Waals surface area contributed by atoms with Gasteiger partial charge in [0.2, 0.25) is 0 Å². The van der Waals surface area contributed by atoms with Crippen molar-refractivity contribution < 1.29 is 34.1 Å². The minimum atomic E-state index is -0.971. The van der Waals surface area contributed by atoms with Crippen LogP contribution in [-0.2, 0) is 77.5 Å². The molecule has 8 aromatic rings. The smallest absolute Gasteiger partial charge is 0.214 e. The summed E-state index contributed by atoms with van der Waals surface area (Å²) in [6.45, 7) is 57.1. The third-order valence-corrected chi connectivity index (χ3v) is 28.9. The zero-order valence-corrected chi connectivity index (χ0v) is 60.9. The third-order valence-electron chi connectivity index (χ3n) is 15.1. The minimum absolute atomic E-state index is 0. The van der Waals surface area contributed by atoms with Crippen molar-refractivity contribution in [2.75, 3.05) is 0 Å². The van der Waals surface area contributed by atoms with Crippen molar-refractivity contribution >= 4 is 40.7 Å². The van der Waals surface area contributed by atoms with Crippen LogP contribution in [0.4, 0.5) is 0 Å². The second-order valence-corrected chi connectivity index (χ2v) is 41.7. The maximum atomic E-state index is 2.54. The molecule has 0 aliphatic carbocycles. The maximum Gasteiger partial charge on any atom is 2.00 e. The summed E-state index contributed by atoms with van der Waals surface area (Å²) >= 11 is -1.94. The molecule has 0 aromatic heterocycles. The summed E-state index contributed by atoms with van der Waals surface area (Å²) in [5.74, 6) is 0. The van der Waals surface area contributed by atoms with Crippen LogP contribution in [0, 0.1) is 0 Å². The van der Waals surface area contributed by atoms with Gasteiger partial charge in [-0.1, -0.05) is 0 Å². The zero-order chi connectivity index (χ0) is 58.2. The largest absolute Gasteiger partial charge is 2.00 e. The van der Waals surface area contributed by atoms with Gasteiger partial charge in [-0.25, -0.2) is 24.3 Å². The van der Waals surface area contributed by atoms with Crippen molar-refractivity contribution in [3.05, 3.63) is 202 Å². The molecule has 0 nitrogen and oxygen atoms in total. The summed E-state index contributed by atoms with van der Waals surface area (Å²) in [6, 6.07) is 60.4. The van der Waals surface area contributed by atoms with E-state index in [1.807, 2.05) is 60.7 Å². The Kier molecular flexibility index (Phi) is 23.0. The predicted molar refractivity (Wildman–Crippen MR) is 350 cm³/mol. The molecule has 80 heavy (non-hydrogen) atoms. The molecule has 0 bridgehead atoms. The molecule has 8 rings (SSSR count). The van der Waals surface area contributed by atoms with E-state index in [1.54, 1.807) is 7.02 Å². The number of benzene rings is 4. The van der Waals surface area contributed by atoms with Crippen molar-refractivity contribution in [1.29, 1.82) is 0 Å². The van der Waals surface area contributed by atoms with Crippen molar-refractivity contribution in [2.24, 2.45) is 0 Å². The summed E-state index contributed by atoms with van der Waals surface area (Å²) in [5.41, 5.74) is 23.0. The van der Waals surface area contributed by atoms with E-state index in [0.29, 0.717) is 0 Å². The summed E-state index contributed by atoms with van der Waals surface area (Å²) in [5, 5.41) is 0. The molecule has 0 unspecified atom stereocenters.